The summed E-state index contributed by atoms with van der Waals surface area (Å²) in [4.78, 5) is 4.53. The number of ether oxygens (including phenoxy) is 1. The number of hydrogen-bond donors (Lipinski definition) is 1. The number of anilines is 1. The first-order valence-corrected chi connectivity index (χ1v) is 6.73. The first-order chi connectivity index (χ1) is 9.69. The maximum absolute atomic E-state index is 6.14. The van der Waals surface area contributed by atoms with Crippen molar-refractivity contribution in [3.05, 3.63) is 47.6 Å². The Balaban J connectivity index is 2.07. The van der Waals surface area contributed by atoms with Crippen LogP contribution in [0.2, 0.25) is 5.02 Å². The standard InChI is InChI=1S/C15H14ClN3O/c1-2-20-12-5-3-10(4-6-12)14-15(17)19-8-7-11(16)9-13(19)18-14/h3-9H,2,17H2,1H3. The van der Waals surface area contributed by atoms with Crippen LogP contribution in [-0.2, 0) is 0 Å². The van der Waals surface area contributed by atoms with Crippen molar-refractivity contribution in [2.24, 2.45) is 0 Å². The lowest BCUT2D eigenvalue weighted by Crippen LogP contribution is -1.94. The van der Waals surface area contributed by atoms with Crippen molar-refractivity contribution in [2.45, 2.75) is 6.92 Å². The summed E-state index contributed by atoms with van der Waals surface area (Å²) < 4.78 is 7.24. The lowest BCUT2D eigenvalue weighted by molar-refractivity contribution is 0.340. The van der Waals surface area contributed by atoms with Gasteiger partial charge in [-0.15, -0.1) is 0 Å². The number of aromatic nitrogens is 2. The maximum Gasteiger partial charge on any atom is 0.140 e. The van der Waals surface area contributed by atoms with Gasteiger partial charge in [-0.1, -0.05) is 11.6 Å². The fraction of sp³-hybridized carbons (Fsp3) is 0.133. The summed E-state index contributed by atoms with van der Waals surface area (Å²) in [5.41, 5.74) is 8.57. The number of nitrogen functional groups attached to an aromatic ring is 1. The highest BCUT2D eigenvalue weighted by atomic mass is 35.5. The van der Waals surface area contributed by atoms with Crippen LogP contribution in [0.1, 0.15) is 6.92 Å². The fourth-order valence-electron chi connectivity index (χ4n) is 2.13. The van der Waals surface area contributed by atoms with E-state index in [-0.39, 0.29) is 0 Å². The summed E-state index contributed by atoms with van der Waals surface area (Å²) in [5, 5.41) is 0.640. The molecule has 0 saturated carbocycles. The van der Waals surface area contributed by atoms with E-state index in [4.69, 9.17) is 22.1 Å². The van der Waals surface area contributed by atoms with Gasteiger partial charge in [-0.25, -0.2) is 4.98 Å². The van der Waals surface area contributed by atoms with E-state index in [9.17, 15) is 0 Å². The first-order valence-electron chi connectivity index (χ1n) is 6.35. The molecule has 0 spiro atoms. The van der Waals surface area contributed by atoms with E-state index in [1.165, 1.54) is 0 Å². The Morgan fingerprint density at radius 3 is 2.70 bits per heavy atom. The minimum Gasteiger partial charge on any atom is -0.494 e. The van der Waals surface area contributed by atoms with Crippen LogP contribution < -0.4 is 10.5 Å². The molecular formula is C15H14ClN3O. The molecule has 0 aliphatic heterocycles. The third-order valence-electron chi connectivity index (χ3n) is 3.06. The zero-order valence-corrected chi connectivity index (χ0v) is 11.8. The molecule has 102 valence electrons. The molecule has 0 atom stereocenters. The summed E-state index contributed by atoms with van der Waals surface area (Å²) in [6.45, 7) is 2.60. The van der Waals surface area contributed by atoms with Crippen molar-refractivity contribution in [1.29, 1.82) is 0 Å². The van der Waals surface area contributed by atoms with E-state index in [0.29, 0.717) is 17.4 Å². The van der Waals surface area contributed by atoms with Crippen LogP contribution in [0, 0.1) is 0 Å². The van der Waals surface area contributed by atoms with Crippen molar-refractivity contribution < 1.29 is 4.74 Å². The number of hydrogen-bond acceptors (Lipinski definition) is 3. The van der Waals surface area contributed by atoms with Crippen LogP contribution in [-0.4, -0.2) is 16.0 Å². The third-order valence-corrected chi connectivity index (χ3v) is 3.30. The summed E-state index contributed by atoms with van der Waals surface area (Å²) in [6.07, 6.45) is 1.82. The normalized spacial score (nSPS) is 10.9. The van der Waals surface area contributed by atoms with Gasteiger partial charge in [-0.2, -0.15) is 0 Å². The molecule has 0 saturated heterocycles. The van der Waals surface area contributed by atoms with Crippen molar-refractivity contribution >= 4 is 23.1 Å². The molecule has 0 amide bonds. The zero-order chi connectivity index (χ0) is 14.1. The van der Waals surface area contributed by atoms with Gasteiger partial charge in [0.2, 0.25) is 0 Å². The van der Waals surface area contributed by atoms with Crippen LogP contribution in [0.25, 0.3) is 16.9 Å². The SMILES string of the molecule is CCOc1ccc(-c2nc3cc(Cl)ccn3c2N)cc1. The van der Waals surface area contributed by atoms with Gasteiger partial charge >= 0.3 is 0 Å². The number of nitrogens with two attached hydrogens (primary N) is 1. The zero-order valence-electron chi connectivity index (χ0n) is 11.0. The highest BCUT2D eigenvalue weighted by Crippen LogP contribution is 2.28. The molecule has 1 aromatic carbocycles. The van der Waals surface area contributed by atoms with Gasteiger partial charge in [0.25, 0.3) is 0 Å². The molecule has 0 bridgehead atoms. The Hall–Kier alpha value is -2.20. The highest BCUT2D eigenvalue weighted by Gasteiger charge is 2.11. The van der Waals surface area contributed by atoms with Crippen molar-refractivity contribution in [3.63, 3.8) is 0 Å². The first kappa shape index (κ1) is 12.8. The summed E-state index contributed by atoms with van der Waals surface area (Å²) in [7, 11) is 0. The van der Waals surface area contributed by atoms with E-state index in [0.717, 1.165) is 22.7 Å². The minimum absolute atomic E-state index is 0.598. The smallest absolute Gasteiger partial charge is 0.140 e. The summed E-state index contributed by atoms with van der Waals surface area (Å²) in [6, 6.07) is 11.3. The van der Waals surface area contributed by atoms with Gasteiger partial charge < -0.3 is 10.5 Å². The van der Waals surface area contributed by atoms with Crippen LogP contribution in [0.5, 0.6) is 5.75 Å². The number of benzene rings is 1. The van der Waals surface area contributed by atoms with Gasteiger partial charge in [0.1, 0.15) is 22.9 Å². The second-order valence-corrected chi connectivity index (χ2v) is 4.81. The van der Waals surface area contributed by atoms with Crippen LogP contribution in [0.15, 0.2) is 42.6 Å². The minimum atomic E-state index is 0.598. The Morgan fingerprint density at radius 2 is 2.00 bits per heavy atom. The summed E-state index contributed by atoms with van der Waals surface area (Å²) in [5.74, 6) is 1.43. The average molecular weight is 288 g/mol. The maximum atomic E-state index is 6.14. The lowest BCUT2D eigenvalue weighted by atomic mass is 10.1. The Labute approximate surface area is 121 Å². The molecule has 0 fully saturated rings. The van der Waals surface area contributed by atoms with Gasteiger partial charge in [0.15, 0.2) is 0 Å². The quantitative estimate of drug-likeness (QED) is 0.800. The lowest BCUT2D eigenvalue weighted by Gasteiger charge is -2.04. The van der Waals surface area contributed by atoms with E-state index < -0.39 is 0 Å². The highest BCUT2D eigenvalue weighted by molar-refractivity contribution is 6.30. The number of nitrogens with zero attached hydrogens (tertiary/aromatic N) is 2. The van der Waals surface area contributed by atoms with Crippen molar-refractivity contribution in [3.8, 4) is 17.0 Å². The third kappa shape index (κ3) is 2.18. The number of halogens is 1. The van der Waals surface area contributed by atoms with Crippen LogP contribution in [0.3, 0.4) is 0 Å². The number of imidazole rings is 1. The van der Waals surface area contributed by atoms with Crippen molar-refractivity contribution in [2.75, 3.05) is 12.3 Å². The average Bonchev–Trinajstić information content (AvgIpc) is 2.77. The Bertz CT molecular complexity index is 750. The molecule has 2 N–H and O–H groups in total. The molecule has 0 aliphatic carbocycles. The molecule has 4 nitrogen and oxygen atoms in total. The molecule has 2 heterocycles. The topological polar surface area (TPSA) is 52.5 Å². The molecule has 5 heteroatoms. The molecule has 0 unspecified atom stereocenters. The number of pyridine rings is 1. The molecule has 2 aromatic heterocycles. The van der Waals surface area contributed by atoms with Gasteiger partial charge in [-0.05, 0) is 37.3 Å². The molecule has 3 rings (SSSR count). The largest absolute Gasteiger partial charge is 0.494 e. The van der Waals surface area contributed by atoms with E-state index in [1.54, 1.807) is 12.1 Å². The molecule has 0 radical (unpaired) electrons. The van der Waals surface area contributed by atoms with Gasteiger partial charge in [-0.3, -0.25) is 4.40 Å². The Kier molecular flexibility index (Phi) is 3.24. The second-order valence-electron chi connectivity index (χ2n) is 4.38. The Morgan fingerprint density at radius 1 is 1.25 bits per heavy atom. The predicted molar refractivity (Wildman–Crippen MR) is 81.2 cm³/mol. The molecule has 20 heavy (non-hydrogen) atoms. The van der Waals surface area contributed by atoms with E-state index in [1.807, 2.05) is 41.8 Å². The van der Waals surface area contributed by atoms with E-state index >= 15 is 0 Å². The van der Waals surface area contributed by atoms with Crippen LogP contribution >= 0.6 is 11.6 Å². The van der Waals surface area contributed by atoms with Crippen molar-refractivity contribution in [1.82, 2.24) is 9.38 Å². The van der Waals surface area contributed by atoms with Gasteiger partial charge in [0, 0.05) is 22.8 Å². The second kappa shape index (κ2) is 5.06. The molecule has 0 aliphatic rings. The monoisotopic (exact) mass is 287 g/mol. The van der Waals surface area contributed by atoms with Crippen LogP contribution in [0.4, 0.5) is 5.82 Å². The van der Waals surface area contributed by atoms with Gasteiger partial charge in [0.05, 0.1) is 6.61 Å². The fourth-order valence-corrected chi connectivity index (χ4v) is 2.28. The van der Waals surface area contributed by atoms with E-state index in [2.05, 4.69) is 4.98 Å². The number of rotatable bonds is 3. The number of fused-ring (bicyclic) bond motifs is 1. The molecule has 3 aromatic rings. The summed E-state index contributed by atoms with van der Waals surface area (Å²) >= 11 is 5.97. The predicted octanol–water partition coefficient (Wildman–Crippen LogP) is 3.64. The molecular weight excluding hydrogens is 274 g/mol.